The predicted molar refractivity (Wildman–Crippen MR) is 129 cm³/mol. The van der Waals surface area contributed by atoms with Crippen molar-refractivity contribution in [1.82, 2.24) is 20.0 Å². The second kappa shape index (κ2) is 9.89. The second-order valence-electron chi connectivity index (χ2n) is 8.51. The quantitative estimate of drug-likeness (QED) is 0.579. The van der Waals surface area contributed by atoms with Crippen LogP contribution < -0.4 is 5.32 Å². The van der Waals surface area contributed by atoms with E-state index >= 15 is 0 Å². The van der Waals surface area contributed by atoms with Crippen molar-refractivity contribution in [1.29, 1.82) is 0 Å². The van der Waals surface area contributed by atoms with E-state index in [-0.39, 0.29) is 17.4 Å². The molecule has 1 N–H and O–H groups in total. The van der Waals surface area contributed by atoms with Gasteiger partial charge in [-0.1, -0.05) is 60.7 Å². The van der Waals surface area contributed by atoms with E-state index in [1.54, 1.807) is 0 Å². The maximum atomic E-state index is 13.4. The van der Waals surface area contributed by atoms with E-state index in [1.165, 1.54) is 5.56 Å². The Balaban J connectivity index is 1.50. The Morgan fingerprint density at radius 3 is 2.24 bits per heavy atom. The van der Waals surface area contributed by atoms with Crippen LogP contribution >= 0.6 is 0 Å². The molecular weight excluding hydrogens is 436 g/mol. The number of amides is 1. The summed E-state index contributed by atoms with van der Waals surface area (Å²) >= 11 is 0. The van der Waals surface area contributed by atoms with E-state index in [2.05, 4.69) is 22.5 Å². The molecule has 7 nitrogen and oxygen atoms in total. The molecular formula is C25H30N4O3S. The van der Waals surface area contributed by atoms with Crippen molar-refractivity contribution >= 4 is 15.7 Å². The molecule has 1 aliphatic rings. The lowest BCUT2D eigenvalue weighted by atomic mass is 10.0. The van der Waals surface area contributed by atoms with Gasteiger partial charge in [0.05, 0.1) is 23.7 Å². The average Bonchev–Trinajstić information content (AvgIpc) is 3.07. The first-order valence-electron chi connectivity index (χ1n) is 11.2. The predicted octanol–water partition coefficient (Wildman–Crippen LogP) is 2.64. The minimum atomic E-state index is -3.03. The topological polar surface area (TPSA) is 84.3 Å². The van der Waals surface area contributed by atoms with Crippen LogP contribution in [0.1, 0.15) is 34.1 Å². The summed E-state index contributed by atoms with van der Waals surface area (Å²) in [5, 5.41) is 7.77. The van der Waals surface area contributed by atoms with Gasteiger partial charge in [0, 0.05) is 30.9 Å². The van der Waals surface area contributed by atoms with E-state index in [1.807, 2.05) is 72.0 Å². The fourth-order valence-electron chi connectivity index (χ4n) is 4.32. The standard InChI is InChI=1S/C25H30N4O3S/c1-19-23(20(2)29(27-19)18-21-9-5-3-6-10-21)17-26-25(30)24(22-11-7-4-8-12-22)28-13-15-33(31,32)16-14-28/h3-12,24H,13-18H2,1-2H3,(H,26,30). The molecule has 0 aliphatic carbocycles. The third-order valence-corrected chi connectivity index (χ3v) is 7.86. The fraction of sp³-hybridized carbons (Fsp3) is 0.360. The van der Waals surface area contributed by atoms with Crippen LogP contribution in [-0.4, -0.2) is 53.6 Å². The van der Waals surface area contributed by atoms with Crippen molar-refractivity contribution in [3.63, 3.8) is 0 Å². The molecule has 1 fully saturated rings. The molecule has 4 rings (SSSR count). The van der Waals surface area contributed by atoms with Gasteiger partial charge in [0.15, 0.2) is 9.84 Å². The molecule has 1 aromatic heterocycles. The van der Waals surface area contributed by atoms with E-state index < -0.39 is 15.9 Å². The molecule has 33 heavy (non-hydrogen) atoms. The number of hydrogen-bond donors (Lipinski definition) is 1. The highest BCUT2D eigenvalue weighted by Gasteiger charge is 2.32. The van der Waals surface area contributed by atoms with E-state index in [0.29, 0.717) is 26.2 Å². The average molecular weight is 467 g/mol. The van der Waals surface area contributed by atoms with Gasteiger partial charge in [-0.3, -0.25) is 14.4 Å². The van der Waals surface area contributed by atoms with Crippen LogP contribution in [0.25, 0.3) is 0 Å². The number of sulfone groups is 1. The molecule has 174 valence electrons. The molecule has 1 amide bonds. The summed E-state index contributed by atoms with van der Waals surface area (Å²) in [7, 11) is -3.03. The Morgan fingerprint density at radius 2 is 1.61 bits per heavy atom. The summed E-state index contributed by atoms with van der Waals surface area (Å²) in [6.45, 7) is 5.73. The lowest BCUT2D eigenvalue weighted by molar-refractivity contribution is -0.126. The zero-order chi connectivity index (χ0) is 23.4. The van der Waals surface area contributed by atoms with E-state index in [9.17, 15) is 13.2 Å². The highest BCUT2D eigenvalue weighted by atomic mass is 32.2. The van der Waals surface area contributed by atoms with Crippen molar-refractivity contribution in [2.75, 3.05) is 24.6 Å². The number of nitrogens with zero attached hydrogens (tertiary/aromatic N) is 3. The number of nitrogens with one attached hydrogen (secondary N) is 1. The van der Waals surface area contributed by atoms with Crippen molar-refractivity contribution in [2.24, 2.45) is 0 Å². The smallest absolute Gasteiger partial charge is 0.242 e. The first-order chi connectivity index (χ1) is 15.8. The van der Waals surface area contributed by atoms with Crippen LogP contribution in [0.15, 0.2) is 60.7 Å². The van der Waals surface area contributed by atoms with Crippen molar-refractivity contribution in [3.05, 3.63) is 88.7 Å². The van der Waals surface area contributed by atoms with Crippen LogP contribution in [0.5, 0.6) is 0 Å². The van der Waals surface area contributed by atoms with Gasteiger partial charge in [-0.2, -0.15) is 5.10 Å². The highest BCUT2D eigenvalue weighted by Crippen LogP contribution is 2.24. The SMILES string of the molecule is Cc1nn(Cc2ccccc2)c(C)c1CNC(=O)C(c1ccccc1)N1CCS(=O)(=O)CC1. The van der Waals surface area contributed by atoms with Gasteiger partial charge in [-0.25, -0.2) is 8.42 Å². The van der Waals surface area contributed by atoms with Crippen LogP contribution in [0, 0.1) is 13.8 Å². The number of carbonyl (C=O) groups is 1. The van der Waals surface area contributed by atoms with Crippen LogP contribution in [-0.2, 0) is 27.7 Å². The summed E-state index contributed by atoms with van der Waals surface area (Å²) in [6, 6.07) is 19.2. The van der Waals surface area contributed by atoms with Gasteiger partial charge in [-0.15, -0.1) is 0 Å². The van der Waals surface area contributed by atoms with Gasteiger partial charge < -0.3 is 5.32 Å². The molecule has 3 aromatic rings. The second-order valence-corrected chi connectivity index (χ2v) is 10.8. The Hall–Kier alpha value is -2.97. The van der Waals surface area contributed by atoms with E-state index in [4.69, 9.17) is 0 Å². The minimum Gasteiger partial charge on any atom is -0.350 e. The fourth-order valence-corrected chi connectivity index (χ4v) is 5.55. The first kappa shape index (κ1) is 23.2. The van der Waals surface area contributed by atoms with Gasteiger partial charge in [-0.05, 0) is 25.0 Å². The summed E-state index contributed by atoms with van der Waals surface area (Å²) < 4.78 is 25.8. The molecule has 1 atom stereocenters. The summed E-state index contributed by atoms with van der Waals surface area (Å²) in [6.07, 6.45) is 0. The molecule has 8 heteroatoms. The van der Waals surface area contributed by atoms with Crippen LogP contribution in [0.2, 0.25) is 0 Å². The highest BCUT2D eigenvalue weighted by molar-refractivity contribution is 7.91. The summed E-state index contributed by atoms with van der Waals surface area (Å²) in [4.78, 5) is 15.3. The Bertz CT molecular complexity index is 1190. The molecule has 0 radical (unpaired) electrons. The van der Waals surface area contributed by atoms with Gasteiger partial charge >= 0.3 is 0 Å². The van der Waals surface area contributed by atoms with Crippen molar-refractivity contribution < 1.29 is 13.2 Å². The van der Waals surface area contributed by atoms with Crippen molar-refractivity contribution in [3.8, 4) is 0 Å². The van der Waals surface area contributed by atoms with Crippen molar-refractivity contribution in [2.45, 2.75) is 33.0 Å². The number of rotatable bonds is 7. The van der Waals surface area contributed by atoms with E-state index in [0.717, 1.165) is 22.5 Å². The molecule has 1 aliphatic heterocycles. The van der Waals surface area contributed by atoms with Crippen LogP contribution in [0.3, 0.4) is 0 Å². The largest absolute Gasteiger partial charge is 0.350 e. The summed E-state index contributed by atoms with van der Waals surface area (Å²) in [5.74, 6) is 0.0254. The summed E-state index contributed by atoms with van der Waals surface area (Å²) in [5.41, 5.74) is 4.96. The number of hydrogen-bond acceptors (Lipinski definition) is 5. The maximum absolute atomic E-state index is 13.4. The lowest BCUT2D eigenvalue weighted by Gasteiger charge is -2.33. The molecule has 0 bridgehead atoms. The Labute approximate surface area is 195 Å². The number of carbonyl (C=O) groups excluding carboxylic acids is 1. The minimum absolute atomic E-state index is 0.0775. The Kier molecular flexibility index (Phi) is 6.95. The van der Waals surface area contributed by atoms with Gasteiger partial charge in [0.1, 0.15) is 6.04 Å². The Morgan fingerprint density at radius 1 is 1.00 bits per heavy atom. The normalized spacial score (nSPS) is 16.9. The van der Waals surface area contributed by atoms with Gasteiger partial charge in [0.2, 0.25) is 5.91 Å². The molecule has 1 unspecified atom stereocenters. The zero-order valence-corrected chi connectivity index (χ0v) is 19.9. The van der Waals surface area contributed by atoms with Crippen LogP contribution in [0.4, 0.5) is 0 Å². The third kappa shape index (κ3) is 5.51. The molecule has 1 saturated heterocycles. The first-order valence-corrected chi connectivity index (χ1v) is 13.0. The zero-order valence-electron chi connectivity index (χ0n) is 19.1. The number of aryl methyl sites for hydroxylation is 1. The number of aromatic nitrogens is 2. The molecule has 0 spiro atoms. The lowest BCUT2D eigenvalue weighted by Crippen LogP contribution is -2.47. The molecule has 2 aromatic carbocycles. The monoisotopic (exact) mass is 466 g/mol. The number of benzene rings is 2. The molecule has 2 heterocycles. The molecule has 0 saturated carbocycles. The van der Waals surface area contributed by atoms with Gasteiger partial charge in [0.25, 0.3) is 0 Å². The maximum Gasteiger partial charge on any atom is 0.242 e. The third-order valence-electron chi connectivity index (χ3n) is 6.25.